The number of rotatable bonds is 8. The summed E-state index contributed by atoms with van der Waals surface area (Å²) in [7, 11) is 0. The van der Waals surface area contributed by atoms with Crippen LogP contribution in [0.5, 0.6) is 0 Å². The molecule has 4 heterocycles. The predicted octanol–water partition coefficient (Wildman–Crippen LogP) is 2.44. The van der Waals surface area contributed by atoms with Crippen molar-refractivity contribution in [2.24, 2.45) is 11.8 Å². The molecule has 174 valence electrons. The largest absolute Gasteiger partial charge is 0.437 e. The maximum Gasteiger partial charge on any atom is 0.219 e. The summed E-state index contributed by atoms with van der Waals surface area (Å²) in [6.45, 7) is 5.99. The van der Waals surface area contributed by atoms with Crippen LogP contribution in [0.3, 0.4) is 0 Å². The summed E-state index contributed by atoms with van der Waals surface area (Å²) < 4.78 is 17.4. The number of ether oxygens (including phenoxy) is 2. The highest BCUT2D eigenvalue weighted by atomic mass is 16.6. The number of hydrogen-bond acceptors (Lipinski definition) is 8. The van der Waals surface area contributed by atoms with Crippen molar-refractivity contribution in [2.45, 2.75) is 70.2 Å². The minimum Gasteiger partial charge on any atom is -0.437 e. The van der Waals surface area contributed by atoms with Gasteiger partial charge in [0.25, 0.3) is 0 Å². The third-order valence-corrected chi connectivity index (χ3v) is 6.54. The molecule has 2 fully saturated rings. The Kier molecular flexibility index (Phi) is 7.07. The molecule has 8 heteroatoms. The van der Waals surface area contributed by atoms with Crippen LogP contribution in [0, 0.1) is 11.8 Å². The Balaban J connectivity index is 1.30. The lowest BCUT2D eigenvalue weighted by Crippen LogP contribution is -2.50. The van der Waals surface area contributed by atoms with Crippen molar-refractivity contribution < 1.29 is 29.2 Å². The van der Waals surface area contributed by atoms with E-state index in [1.807, 2.05) is 32.1 Å². The zero-order valence-corrected chi connectivity index (χ0v) is 18.7. The van der Waals surface area contributed by atoms with Crippen molar-refractivity contribution in [3.05, 3.63) is 42.2 Å². The fourth-order valence-electron chi connectivity index (χ4n) is 4.30. The topological polar surface area (TPSA) is 121 Å². The summed E-state index contributed by atoms with van der Waals surface area (Å²) >= 11 is 0. The maximum atomic E-state index is 10.7. The first kappa shape index (κ1) is 23.1. The Labute approximate surface area is 187 Å². The highest BCUT2D eigenvalue weighted by Crippen LogP contribution is 2.38. The van der Waals surface area contributed by atoms with E-state index < -0.39 is 24.4 Å². The van der Waals surface area contributed by atoms with Crippen molar-refractivity contribution in [1.29, 1.82) is 0 Å². The Morgan fingerprint density at radius 2 is 2.03 bits per heavy atom. The zero-order chi connectivity index (χ0) is 22.8. The van der Waals surface area contributed by atoms with Gasteiger partial charge in [-0.05, 0) is 44.9 Å². The van der Waals surface area contributed by atoms with Crippen molar-refractivity contribution >= 4 is 6.08 Å². The molecule has 3 N–H and O–H groups in total. The van der Waals surface area contributed by atoms with Gasteiger partial charge in [-0.15, -0.1) is 0 Å². The second-order valence-electron chi connectivity index (χ2n) is 9.09. The average Bonchev–Trinajstić information content (AvgIpc) is 3.39. The molecule has 2 aromatic heterocycles. The van der Waals surface area contributed by atoms with Crippen molar-refractivity contribution in [1.82, 2.24) is 9.97 Å². The van der Waals surface area contributed by atoms with Crippen molar-refractivity contribution in [2.75, 3.05) is 6.61 Å². The van der Waals surface area contributed by atoms with Gasteiger partial charge in [-0.3, -0.25) is 4.98 Å². The fraction of sp³-hybridized carbons (Fsp3) is 0.583. The van der Waals surface area contributed by atoms with Gasteiger partial charge in [0.15, 0.2) is 5.76 Å². The van der Waals surface area contributed by atoms with Crippen LogP contribution in [0.25, 0.3) is 17.4 Å². The minimum atomic E-state index is -0.987. The lowest BCUT2D eigenvalue weighted by atomic mass is 9.85. The molecule has 2 aromatic rings. The first-order valence-corrected chi connectivity index (χ1v) is 11.2. The lowest BCUT2D eigenvalue weighted by Gasteiger charge is -2.38. The van der Waals surface area contributed by atoms with Gasteiger partial charge < -0.3 is 29.2 Å². The summed E-state index contributed by atoms with van der Waals surface area (Å²) in [6, 6.07) is 3.74. The summed E-state index contributed by atoms with van der Waals surface area (Å²) in [5.41, 5.74) is 1.78. The van der Waals surface area contributed by atoms with Crippen LogP contribution in [0.2, 0.25) is 0 Å². The van der Waals surface area contributed by atoms with Crippen LogP contribution in [-0.2, 0) is 9.47 Å². The van der Waals surface area contributed by atoms with E-state index in [0.29, 0.717) is 31.1 Å². The van der Waals surface area contributed by atoms with Gasteiger partial charge in [-0.25, -0.2) is 4.98 Å². The van der Waals surface area contributed by atoms with Crippen LogP contribution in [0.15, 0.2) is 40.7 Å². The Bertz CT molecular complexity index is 914. The smallest absolute Gasteiger partial charge is 0.219 e. The molecule has 2 aliphatic rings. The number of nitrogens with zero attached hydrogens (tertiary/aromatic N) is 2. The minimum absolute atomic E-state index is 0.000372. The highest BCUT2D eigenvalue weighted by Gasteiger charge is 2.48. The van der Waals surface area contributed by atoms with E-state index in [2.05, 4.69) is 9.97 Å². The van der Waals surface area contributed by atoms with E-state index in [0.717, 1.165) is 11.1 Å². The SMILES string of the molecule is C/C(=C\c1ncc(-c2cccnc2)o1)C[C@@H]1OC[C@H](C[C@@H]2O[C@H]2[C@@H](C)[C@H](C)O)[C@@H](O)[C@H]1O. The second-order valence-corrected chi connectivity index (χ2v) is 9.09. The fourth-order valence-corrected chi connectivity index (χ4v) is 4.30. The molecule has 0 radical (unpaired) electrons. The quantitative estimate of drug-likeness (QED) is 0.531. The van der Waals surface area contributed by atoms with E-state index in [4.69, 9.17) is 13.9 Å². The van der Waals surface area contributed by atoms with E-state index in [1.54, 1.807) is 25.5 Å². The summed E-state index contributed by atoms with van der Waals surface area (Å²) in [5, 5.41) is 31.0. The first-order valence-electron chi connectivity index (χ1n) is 11.2. The molecule has 0 saturated carbocycles. The van der Waals surface area contributed by atoms with Gasteiger partial charge in [-0.2, -0.15) is 0 Å². The number of hydrogen-bond donors (Lipinski definition) is 3. The van der Waals surface area contributed by atoms with Gasteiger partial charge in [-0.1, -0.05) is 12.5 Å². The summed E-state index contributed by atoms with van der Waals surface area (Å²) in [5.74, 6) is 0.945. The molecule has 0 spiro atoms. The molecule has 0 amide bonds. The van der Waals surface area contributed by atoms with Gasteiger partial charge in [0, 0.05) is 29.8 Å². The monoisotopic (exact) mass is 444 g/mol. The number of oxazole rings is 1. The zero-order valence-electron chi connectivity index (χ0n) is 18.7. The molecule has 32 heavy (non-hydrogen) atoms. The maximum absolute atomic E-state index is 10.7. The van der Waals surface area contributed by atoms with Crippen molar-refractivity contribution in [3.8, 4) is 11.3 Å². The van der Waals surface area contributed by atoms with E-state index >= 15 is 0 Å². The van der Waals surface area contributed by atoms with Gasteiger partial charge in [0.2, 0.25) is 5.89 Å². The van der Waals surface area contributed by atoms with Crippen molar-refractivity contribution in [3.63, 3.8) is 0 Å². The Morgan fingerprint density at radius 3 is 2.75 bits per heavy atom. The van der Waals surface area contributed by atoms with Crippen LogP contribution >= 0.6 is 0 Å². The van der Waals surface area contributed by atoms with Gasteiger partial charge >= 0.3 is 0 Å². The average molecular weight is 445 g/mol. The third kappa shape index (κ3) is 5.27. The number of aliphatic hydroxyl groups is 3. The van der Waals surface area contributed by atoms with Gasteiger partial charge in [0.05, 0.1) is 43.3 Å². The molecule has 0 aliphatic carbocycles. The van der Waals surface area contributed by atoms with Crippen LogP contribution < -0.4 is 0 Å². The molecule has 8 atom stereocenters. The number of epoxide rings is 1. The molecular formula is C24H32N2O6. The normalized spacial score (nSPS) is 32.5. The Hall–Kier alpha value is -2.10. The molecule has 0 unspecified atom stereocenters. The molecule has 2 saturated heterocycles. The van der Waals surface area contributed by atoms with Crippen LogP contribution in [0.4, 0.5) is 0 Å². The van der Waals surface area contributed by atoms with Gasteiger partial charge in [0.1, 0.15) is 6.10 Å². The molecule has 2 aliphatic heterocycles. The molecule has 4 rings (SSSR count). The Morgan fingerprint density at radius 1 is 1.22 bits per heavy atom. The standard InChI is InChI=1S/C24H32N2O6/c1-13(8-21-26-11-20(31-21)16-5-4-6-25-10-16)7-18-23(29)22(28)17(12-30-18)9-19-24(32-19)14(2)15(3)27/h4-6,8,10-11,14-15,17-19,22-24,27-29H,7,9,12H2,1-3H3/b13-8+/t14-,15-,17-,18-,19-,22+,23-,24-/m0/s1. The van der Waals surface area contributed by atoms with E-state index in [-0.39, 0.29) is 24.0 Å². The molecular weight excluding hydrogens is 412 g/mol. The first-order chi connectivity index (χ1) is 15.3. The third-order valence-electron chi connectivity index (χ3n) is 6.54. The van der Waals surface area contributed by atoms with E-state index in [9.17, 15) is 15.3 Å². The van der Waals surface area contributed by atoms with E-state index in [1.165, 1.54) is 0 Å². The molecule has 0 aromatic carbocycles. The molecule has 8 nitrogen and oxygen atoms in total. The second kappa shape index (κ2) is 9.80. The van der Waals surface area contributed by atoms with Crippen LogP contribution in [-0.4, -0.2) is 68.5 Å². The highest BCUT2D eigenvalue weighted by molar-refractivity contribution is 5.56. The summed E-state index contributed by atoms with van der Waals surface area (Å²) in [6.07, 6.45) is 5.13. The number of pyridine rings is 1. The summed E-state index contributed by atoms with van der Waals surface area (Å²) in [4.78, 5) is 8.37. The lowest BCUT2D eigenvalue weighted by molar-refractivity contribution is -0.165. The predicted molar refractivity (Wildman–Crippen MR) is 117 cm³/mol. The number of aliphatic hydroxyl groups excluding tert-OH is 3. The van der Waals surface area contributed by atoms with Crippen LogP contribution in [0.1, 0.15) is 39.5 Å². The number of aromatic nitrogens is 2. The molecule has 0 bridgehead atoms.